The van der Waals surface area contributed by atoms with Crippen LogP contribution in [-0.2, 0) is 5.41 Å². The van der Waals surface area contributed by atoms with Crippen LogP contribution in [0.3, 0.4) is 0 Å². The highest BCUT2D eigenvalue weighted by Crippen LogP contribution is 2.54. The fourth-order valence-corrected chi connectivity index (χ4v) is 5.16. The third kappa shape index (κ3) is 2.85. The van der Waals surface area contributed by atoms with Crippen LogP contribution in [0.4, 0.5) is 17.1 Å². The van der Waals surface area contributed by atoms with Crippen molar-refractivity contribution in [3.05, 3.63) is 113 Å². The second-order valence-electron chi connectivity index (χ2n) is 8.80. The van der Waals surface area contributed by atoms with Crippen molar-refractivity contribution in [1.29, 1.82) is 0 Å². The van der Waals surface area contributed by atoms with E-state index in [9.17, 15) is 0 Å². The first-order valence-corrected chi connectivity index (χ1v) is 11.6. The second kappa shape index (κ2) is 7.11. The van der Waals surface area contributed by atoms with E-state index in [-0.39, 0.29) is 5.41 Å². The van der Waals surface area contributed by atoms with Gasteiger partial charge < -0.3 is 9.32 Å². The Balaban J connectivity index is 1.55. The summed E-state index contributed by atoms with van der Waals surface area (Å²) in [7, 11) is 0. The third-order valence-corrected chi connectivity index (χ3v) is 7.00. The standard InChI is InChI=1S/C29H22BrNO/c1-29(2)25-18-22(16-17-23(25)27-24-10-6-7-11-26(24)32-28(27)29)31(20-8-4-3-5-9-20)21-14-12-19(30)13-15-21/h3-18H,1-2H3. The Morgan fingerprint density at radius 2 is 1.38 bits per heavy atom. The summed E-state index contributed by atoms with van der Waals surface area (Å²) < 4.78 is 7.44. The summed E-state index contributed by atoms with van der Waals surface area (Å²) in [5.41, 5.74) is 7.95. The van der Waals surface area contributed by atoms with E-state index in [0.717, 1.165) is 32.9 Å². The summed E-state index contributed by atoms with van der Waals surface area (Å²) in [4.78, 5) is 2.31. The average Bonchev–Trinajstić information content (AvgIpc) is 3.30. The van der Waals surface area contributed by atoms with Crippen molar-refractivity contribution >= 4 is 44.0 Å². The van der Waals surface area contributed by atoms with Crippen LogP contribution < -0.4 is 4.90 Å². The summed E-state index contributed by atoms with van der Waals surface area (Å²) in [6.45, 7) is 4.52. The summed E-state index contributed by atoms with van der Waals surface area (Å²) in [5.74, 6) is 1.06. The van der Waals surface area contributed by atoms with Crippen LogP contribution >= 0.6 is 15.9 Å². The minimum Gasteiger partial charge on any atom is -0.459 e. The molecule has 0 N–H and O–H groups in total. The topological polar surface area (TPSA) is 16.4 Å². The lowest BCUT2D eigenvalue weighted by Gasteiger charge is -2.27. The SMILES string of the molecule is CC1(C)c2cc(N(c3ccccc3)c3ccc(Br)cc3)ccc2-c2c1oc1ccccc21. The predicted octanol–water partition coefficient (Wildman–Crippen LogP) is 8.97. The molecular formula is C29H22BrNO. The zero-order valence-corrected chi connectivity index (χ0v) is 19.6. The Labute approximate surface area is 196 Å². The summed E-state index contributed by atoms with van der Waals surface area (Å²) in [6.07, 6.45) is 0. The van der Waals surface area contributed by atoms with E-state index in [1.54, 1.807) is 0 Å². The zero-order valence-electron chi connectivity index (χ0n) is 18.0. The van der Waals surface area contributed by atoms with Crippen LogP contribution in [0.15, 0.2) is 106 Å². The summed E-state index contributed by atoms with van der Waals surface area (Å²) in [5, 5.41) is 1.19. The van der Waals surface area contributed by atoms with Crippen LogP contribution in [-0.4, -0.2) is 0 Å². The molecule has 0 radical (unpaired) electrons. The van der Waals surface area contributed by atoms with E-state index in [2.05, 4.69) is 126 Å². The van der Waals surface area contributed by atoms with Gasteiger partial charge in [0.05, 0.1) is 0 Å². The van der Waals surface area contributed by atoms with Gasteiger partial charge in [-0.1, -0.05) is 58.4 Å². The van der Waals surface area contributed by atoms with Gasteiger partial charge in [-0.3, -0.25) is 0 Å². The monoisotopic (exact) mass is 479 g/mol. The van der Waals surface area contributed by atoms with Gasteiger partial charge in [0, 0.05) is 37.9 Å². The first-order chi connectivity index (χ1) is 15.5. The molecular weight excluding hydrogens is 458 g/mol. The Bertz CT molecular complexity index is 1450. The lowest BCUT2D eigenvalue weighted by Crippen LogP contribution is -2.16. The number of anilines is 3. The first-order valence-electron chi connectivity index (χ1n) is 10.8. The van der Waals surface area contributed by atoms with Gasteiger partial charge in [-0.25, -0.2) is 0 Å². The van der Waals surface area contributed by atoms with Crippen molar-refractivity contribution in [2.75, 3.05) is 4.90 Å². The van der Waals surface area contributed by atoms with E-state index in [0.29, 0.717) is 0 Å². The summed E-state index contributed by atoms with van der Waals surface area (Å²) >= 11 is 3.57. The summed E-state index contributed by atoms with van der Waals surface area (Å²) in [6, 6.07) is 34.1. The van der Waals surface area contributed by atoms with Crippen LogP contribution in [0.25, 0.3) is 22.1 Å². The lowest BCUT2D eigenvalue weighted by atomic mass is 9.85. The Hall–Kier alpha value is -3.30. The smallest absolute Gasteiger partial charge is 0.134 e. The molecule has 0 saturated heterocycles. The molecule has 3 heteroatoms. The van der Waals surface area contributed by atoms with Gasteiger partial charge in [0.25, 0.3) is 0 Å². The maximum absolute atomic E-state index is 6.37. The minimum absolute atomic E-state index is 0.207. The van der Waals surface area contributed by atoms with E-state index in [4.69, 9.17) is 4.42 Å². The van der Waals surface area contributed by atoms with Crippen molar-refractivity contribution < 1.29 is 4.42 Å². The fraction of sp³-hybridized carbons (Fsp3) is 0.103. The molecule has 0 saturated carbocycles. The van der Waals surface area contributed by atoms with Gasteiger partial charge in [0.2, 0.25) is 0 Å². The van der Waals surface area contributed by atoms with Gasteiger partial charge in [-0.05, 0) is 79.6 Å². The highest BCUT2D eigenvalue weighted by atomic mass is 79.9. The number of rotatable bonds is 3. The zero-order chi connectivity index (χ0) is 21.9. The van der Waals surface area contributed by atoms with Crippen LogP contribution in [0.2, 0.25) is 0 Å². The molecule has 6 rings (SSSR count). The van der Waals surface area contributed by atoms with Gasteiger partial charge >= 0.3 is 0 Å². The number of hydrogen-bond acceptors (Lipinski definition) is 2. The van der Waals surface area contributed by atoms with Crippen molar-refractivity contribution in [3.63, 3.8) is 0 Å². The molecule has 0 atom stereocenters. The molecule has 0 unspecified atom stereocenters. The molecule has 1 aromatic heterocycles. The van der Waals surface area contributed by atoms with Gasteiger partial charge in [-0.2, -0.15) is 0 Å². The predicted molar refractivity (Wildman–Crippen MR) is 136 cm³/mol. The molecule has 4 aromatic carbocycles. The average molecular weight is 480 g/mol. The number of fused-ring (bicyclic) bond motifs is 5. The maximum Gasteiger partial charge on any atom is 0.134 e. The Kier molecular flexibility index (Phi) is 4.31. The van der Waals surface area contributed by atoms with E-state index < -0.39 is 0 Å². The quantitative estimate of drug-likeness (QED) is 0.256. The number of halogens is 1. The molecule has 1 aliphatic carbocycles. The molecule has 0 aliphatic heterocycles. The first kappa shape index (κ1) is 19.4. The number of benzene rings is 4. The van der Waals surface area contributed by atoms with Crippen molar-refractivity contribution in [2.45, 2.75) is 19.3 Å². The van der Waals surface area contributed by atoms with Crippen molar-refractivity contribution in [2.24, 2.45) is 0 Å². The Morgan fingerprint density at radius 3 is 2.16 bits per heavy atom. The highest BCUT2D eigenvalue weighted by molar-refractivity contribution is 9.10. The molecule has 156 valence electrons. The molecule has 32 heavy (non-hydrogen) atoms. The normalized spacial score (nSPS) is 13.7. The van der Waals surface area contributed by atoms with Crippen molar-refractivity contribution in [3.8, 4) is 11.1 Å². The minimum atomic E-state index is -0.207. The van der Waals surface area contributed by atoms with Gasteiger partial charge in [-0.15, -0.1) is 0 Å². The number of para-hydroxylation sites is 2. The van der Waals surface area contributed by atoms with E-state index in [1.807, 2.05) is 6.07 Å². The molecule has 0 fully saturated rings. The molecule has 1 heterocycles. The lowest BCUT2D eigenvalue weighted by molar-refractivity contribution is 0.465. The molecule has 5 aromatic rings. The van der Waals surface area contributed by atoms with Crippen LogP contribution in [0.1, 0.15) is 25.2 Å². The van der Waals surface area contributed by atoms with Crippen LogP contribution in [0, 0.1) is 0 Å². The highest BCUT2D eigenvalue weighted by Gasteiger charge is 2.40. The number of hydrogen-bond donors (Lipinski definition) is 0. The van der Waals surface area contributed by atoms with E-state index in [1.165, 1.54) is 22.1 Å². The molecule has 0 bridgehead atoms. The van der Waals surface area contributed by atoms with Gasteiger partial charge in [0.1, 0.15) is 11.3 Å². The second-order valence-corrected chi connectivity index (χ2v) is 9.72. The molecule has 1 aliphatic rings. The molecule has 0 amide bonds. The number of nitrogens with zero attached hydrogens (tertiary/aromatic N) is 1. The van der Waals surface area contributed by atoms with Crippen LogP contribution in [0.5, 0.6) is 0 Å². The van der Waals surface area contributed by atoms with E-state index >= 15 is 0 Å². The largest absolute Gasteiger partial charge is 0.459 e. The fourth-order valence-electron chi connectivity index (χ4n) is 4.90. The maximum atomic E-state index is 6.37. The van der Waals surface area contributed by atoms with Gasteiger partial charge in [0.15, 0.2) is 0 Å². The third-order valence-electron chi connectivity index (χ3n) is 6.47. The Morgan fingerprint density at radius 1 is 0.719 bits per heavy atom. The van der Waals surface area contributed by atoms with Crippen molar-refractivity contribution in [1.82, 2.24) is 0 Å². The molecule has 2 nitrogen and oxygen atoms in total. The molecule has 0 spiro atoms. The number of furan rings is 1.